The minimum atomic E-state index is -0.274. The normalized spacial score (nSPS) is 10.6. The molecule has 0 atom stereocenters. The van der Waals surface area contributed by atoms with Crippen molar-refractivity contribution in [3.8, 4) is 17.2 Å². The smallest absolute Gasteiger partial charge is 0.249 e. The summed E-state index contributed by atoms with van der Waals surface area (Å²) in [6.07, 6.45) is 6.60. The van der Waals surface area contributed by atoms with Gasteiger partial charge in [-0.2, -0.15) is 5.10 Å². The van der Waals surface area contributed by atoms with Crippen LogP contribution in [0.1, 0.15) is 5.56 Å². The van der Waals surface area contributed by atoms with Crippen molar-refractivity contribution in [2.24, 2.45) is 0 Å². The van der Waals surface area contributed by atoms with Gasteiger partial charge in [0.2, 0.25) is 5.91 Å². The van der Waals surface area contributed by atoms with Crippen molar-refractivity contribution in [1.82, 2.24) is 9.78 Å². The van der Waals surface area contributed by atoms with Gasteiger partial charge in [-0.05, 0) is 35.9 Å². The van der Waals surface area contributed by atoms with E-state index >= 15 is 0 Å². The van der Waals surface area contributed by atoms with Gasteiger partial charge in [-0.15, -0.1) is 0 Å². The third kappa shape index (κ3) is 4.88. The summed E-state index contributed by atoms with van der Waals surface area (Å²) in [7, 11) is 1.57. The lowest BCUT2D eigenvalue weighted by atomic mass is 10.2. The molecule has 0 spiro atoms. The molecule has 0 aliphatic heterocycles. The number of ether oxygens (including phenoxy) is 2. The van der Waals surface area contributed by atoms with E-state index in [0.717, 1.165) is 11.3 Å². The number of methoxy groups -OCH3 is 1. The fourth-order valence-electron chi connectivity index (χ4n) is 2.51. The van der Waals surface area contributed by atoms with Gasteiger partial charge in [-0.1, -0.05) is 36.9 Å². The Kier molecular flexibility index (Phi) is 6.25. The molecule has 0 aliphatic carbocycles. The number of hydrogen-bond acceptors (Lipinski definition) is 4. The number of benzene rings is 2. The molecule has 0 aliphatic rings. The molecule has 0 saturated heterocycles. The number of anilines is 1. The lowest BCUT2D eigenvalue weighted by Crippen LogP contribution is -2.08. The van der Waals surface area contributed by atoms with Gasteiger partial charge in [0.15, 0.2) is 17.3 Å². The highest BCUT2D eigenvalue weighted by Gasteiger charge is 2.06. The number of aromatic nitrogens is 2. The van der Waals surface area contributed by atoms with Crippen molar-refractivity contribution in [2.75, 3.05) is 19.0 Å². The summed E-state index contributed by atoms with van der Waals surface area (Å²) in [5.41, 5.74) is 1.73. The number of amides is 1. The molecule has 1 N–H and O–H groups in total. The molecule has 0 saturated carbocycles. The average Bonchev–Trinajstić information content (AvgIpc) is 3.20. The van der Waals surface area contributed by atoms with Gasteiger partial charge in [0.1, 0.15) is 6.61 Å². The summed E-state index contributed by atoms with van der Waals surface area (Å²) < 4.78 is 12.5. The van der Waals surface area contributed by atoms with Crippen LogP contribution in [-0.2, 0) is 4.79 Å². The molecular weight excluding hydrogens is 354 g/mol. The molecule has 0 fully saturated rings. The molecule has 142 valence electrons. The molecule has 1 aromatic heterocycles. The van der Waals surface area contributed by atoms with Crippen molar-refractivity contribution >= 4 is 17.8 Å². The highest BCUT2D eigenvalue weighted by atomic mass is 16.5. The fourth-order valence-corrected chi connectivity index (χ4v) is 2.51. The Morgan fingerprint density at radius 1 is 1.18 bits per heavy atom. The van der Waals surface area contributed by atoms with Crippen LogP contribution in [0.2, 0.25) is 0 Å². The van der Waals surface area contributed by atoms with E-state index in [1.807, 2.05) is 36.4 Å². The lowest BCUT2D eigenvalue weighted by molar-refractivity contribution is -0.111. The SMILES string of the molecule is C=CCOc1ccc(/C=C/C(=O)Nc2ccn(-c3ccccc3)n2)cc1OC. The molecule has 3 rings (SSSR count). The van der Waals surface area contributed by atoms with E-state index < -0.39 is 0 Å². The lowest BCUT2D eigenvalue weighted by Gasteiger charge is -2.09. The second-order valence-electron chi connectivity index (χ2n) is 5.81. The maximum Gasteiger partial charge on any atom is 0.249 e. The quantitative estimate of drug-likeness (QED) is 0.476. The van der Waals surface area contributed by atoms with E-state index in [2.05, 4.69) is 17.0 Å². The molecule has 0 unspecified atom stereocenters. The standard InChI is InChI=1S/C22H21N3O3/c1-3-15-28-19-11-9-17(16-20(19)27-2)10-12-22(26)23-21-13-14-25(24-21)18-7-5-4-6-8-18/h3-14,16H,1,15H2,2H3,(H,23,24,26)/b12-10+. The summed E-state index contributed by atoms with van der Waals surface area (Å²) in [6.45, 7) is 4.02. The zero-order valence-corrected chi connectivity index (χ0v) is 15.5. The predicted octanol–water partition coefficient (Wildman–Crippen LogP) is 4.10. The van der Waals surface area contributed by atoms with Gasteiger partial charge >= 0.3 is 0 Å². The van der Waals surface area contributed by atoms with E-state index in [-0.39, 0.29) is 5.91 Å². The Bertz CT molecular complexity index is 978. The number of carbonyl (C=O) groups excluding carboxylic acids is 1. The number of hydrogen-bond donors (Lipinski definition) is 1. The highest BCUT2D eigenvalue weighted by Crippen LogP contribution is 2.28. The first-order valence-corrected chi connectivity index (χ1v) is 8.71. The van der Waals surface area contributed by atoms with Crippen LogP contribution < -0.4 is 14.8 Å². The van der Waals surface area contributed by atoms with Crippen LogP contribution in [0, 0.1) is 0 Å². The Labute approximate surface area is 163 Å². The third-order valence-electron chi connectivity index (χ3n) is 3.83. The summed E-state index contributed by atoms with van der Waals surface area (Å²) in [5.74, 6) is 1.41. The van der Waals surface area contributed by atoms with E-state index in [9.17, 15) is 4.79 Å². The molecule has 6 nitrogen and oxygen atoms in total. The first kappa shape index (κ1) is 19.0. The predicted molar refractivity (Wildman–Crippen MR) is 110 cm³/mol. The summed E-state index contributed by atoms with van der Waals surface area (Å²) in [5, 5.41) is 7.09. The van der Waals surface area contributed by atoms with Crippen molar-refractivity contribution in [2.45, 2.75) is 0 Å². The maximum atomic E-state index is 12.2. The zero-order valence-electron chi connectivity index (χ0n) is 15.5. The molecule has 3 aromatic rings. The molecule has 6 heteroatoms. The number of carbonyl (C=O) groups is 1. The van der Waals surface area contributed by atoms with E-state index in [0.29, 0.717) is 23.9 Å². The van der Waals surface area contributed by atoms with Crippen molar-refractivity contribution < 1.29 is 14.3 Å². The van der Waals surface area contributed by atoms with E-state index in [4.69, 9.17) is 9.47 Å². The van der Waals surface area contributed by atoms with Crippen LogP contribution in [0.25, 0.3) is 11.8 Å². The zero-order chi connectivity index (χ0) is 19.8. The van der Waals surface area contributed by atoms with Crippen molar-refractivity contribution in [3.63, 3.8) is 0 Å². The van der Waals surface area contributed by atoms with Crippen LogP contribution in [-0.4, -0.2) is 29.4 Å². The summed E-state index contributed by atoms with van der Waals surface area (Å²) >= 11 is 0. The maximum absolute atomic E-state index is 12.2. The Morgan fingerprint density at radius 2 is 2.00 bits per heavy atom. The summed E-state index contributed by atoms with van der Waals surface area (Å²) in [4.78, 5) is 12.2. The van der Waals surface area contributed by atoms with Crippen LogP contribution in [0.3, 0.4) is 0 Å². The van der Waals surface area contributed by atoms with Crippen LogP contribution in [0.15, 0.2) is 79.5 Å². The van der Waals surface area contributed by atoms with E-state index in [1.54, 1.807) is 48.3 Å². The van der Waals surface area contributed by atoms with Gasteiger partial charge in [0.25, 0.3) is 0 Å². The first-order chi connectivity index (χ1) is 13.7. The van der Waals surface area contributed by atoms with Crippen molar-refractivity contribution in [1.29, 1.82) is 0 Å². The molecule has 0 radical (unpaired) electrons. The fraction of sp³-hybridized carbons (Fsp3) is 0.0909. The van der Waals surface area contributed by atoms with Crippen LogP contribution in [0.5, 0.6) is 11.5 Å². The Hall–Kier alpha value is -3.80. The van der Waals surface area contributed by atoms with Gasteiger partial charge in [-0.25, -0.2) is 4.68 Å². The Morgan fingerprint density at radius 3 is 2.75 bits per heavy atom. The van der Waals surface area contributed by atoms with Gasteiger partial charge < -0.3 is 14.8 Å². The molecule has 1 heterocycles. The van der Waals surface area contributed by atoms with Gasteiger partial charge in [-0.3, -0.25) is 4.79 Å². The van der Waals surface area contributed by atoms with E-state index in [1.165, 1.54) is 6.08 Å². The first-order valence-electron chi connectivity index (χ1n) is 8.71. The largest absolute Gasteiger partial charge is 0.493 e. The third-order valence-corrected chi connectivity index (χ3v) is 3.83. The monoisotopic (exact) mass is 375 g/mol. The van der Waals surface area contributed by atoms with Gasteiger partial charge in [0.05, 0.1) is 12.8 Å². The summed E-state index contributed by atoms with van der Waals surface area (Å²) in [6, 6.07) is 16.9. The molecular formula is C22H21N3O3. The number of para-hydroxylation sites is 1. The Balaban J connectivity index is 1.64. The number of rotatable bonds is 8. The topological polar surface area (TPSA) is 65.4 Å². The average molecular weight is 375 g/mol. The second kappa shape index (κ2) is 9.23. The van der Waals surface area contributed by atoms with Crippen LogP contribution in [0.4, 0.5) is 5.82 Å². The highest BCUT2D eigenvalue weighted by molar-refractivity contribution is 6.01. The second-order valence-corrected chi connectivity index (χ2v) is 5.81. The van der Waals surface area contributed by atoms with Crippen molar-refractivity contribution in [3.05, 3.63) is 85.1 Å². The minimum absolute atomic E-state index is 0.274. The number of nitrogens with zero attached hydrogens (tertiary/aromatic N) is 2. The van der Waals surface area contributed by atoms with Crippen LogP contribution >= 0.6 is 0 Å². The molecule has 28 heavy (non-hydrogen) atoms. The molecule has 0 bridgehead atoms. The minimum Gasteiger partial charge on any atom is -0.493 e. The molecule has 1 amide bonds. The number of nitrogens with one attached hydrogen (secondary N) is 1. The molecule has 2 aromatic carbocycles. The van der Waals surface area contributed by atoms with Gasteiger partial charge in [0, 0.05) is 18.3 Å².